The Labute approximate surface area is 179 Å². The summed E-state index contributed by atoms with van der Waals surface area (Å²) in [6.07, 6.45) is 4.58. The smallest absolute Gasteiger partial charge is 0.243 e. The van der Waals surface area contributed by atoms with Gasteiger partial charge in [0.1, 0.15) is 23.8 Å². The first-order valence-electron chi connectivity index (χ1n) is 9.81. The number of rotatable bonds is 6. The lowest BCUT2D eigenvalue weighted by molar-refractivity contribution is 0.312. The maximum atomic E-state index is 13.2. The fourth-order valence-corrected chi connectivity index (χ4v) is 5.02. The zero-order valence-corrected chi connectivity index (χ0v) is 17.7. The van der Waals surface area contributed by atoms with E-state index in [2.05, 4.69) is 30.6 Å². The van der Waals surface area contributed by atoms with E-state index < -0.39 is 15.8 Å². The number of halogens is 1. The van der Waals surface area contributed by atoms with Crippen LogP contribution in [0.1, 0.15) is 24.5 Å². The minimum Gasteiger partial charge on any atom is -0.373 e. The molecule has 0 saturated carbocycles. The molecular weight excluding hydrogens is 421 g/mol. The molecular formula is C20H22FN7O2S. The van der Waals surface area contributed by atoms with Gasteiger partial charge < -0.3 is 10.6 Å². The first-order valence-corrected chi connectivity index (χ1v) is 11.3. The highest BCUT2D eigenvalue weighted by atomic mass is 32.2. The van der Waals surface area contributed by atoms with Crippen molar-refractivity contribution in [2.75, 3.05) is 30.8 Å². The van der Waals surface area contributed by atoms with E-state index >= 15 is 0 Å². The van der Waals surface area contributed by atoms with E-state index in [0.717, 1.165) is 24.2 Å². The van der Waals surface area contributed by atoms with Crippen LogP contribution in [-0.2, 0) is 10.0 Å². The summed E-state index contributed by atoms with van der Waals surface area (Å²) < 4.78 is 40.6. The zero-order chi connectivity index (χ0) is 21.8. The lowest BCUT2D eigenvalue weighted by Gasteiger charge is -2.31. The molecule has 1 saturated heterocycles. The summed E-state index contributed by atoms with van der Waals surface area (Å²) in [5, 5.41) is 5.99. The molecule has 0 unspecified atom stereocenters. The van der Waals surface area contributed by atoms with Crippen LogP contribution in [0.3, 0.4) is 0 Å². The summed E-state index contributed by atoms with van der Waals surface area (Å²) in [5.41, 5.74) is 0.749. The van der Waals surface area contributed by atoms with Gasteiger partial charge in [0, 0.05) is 38.3 Å². The summed E-state index contributed by atoms with van der Waals surface area (Å²) >= 11 is 0. The lowest BCUT2D eigenvalue weighted by atomic mass is 9.96. The van der Waals surface area contributed by atoms with Gasteiger partial charge in [-0.25, -0.2) is 32.7 Å². The van der Waals surface area contributed by atoms with Gasteiger partial charge in [-0.05, 0) is 43.2 Å². The molecule has 3 aromatic rings. The van der Waals surface area contributed by atoms with Crippen LogP contribution in [0.25, 0.3) is 0 Å². The number of hydrogen-bond acceptors (Lipinski definition) is 8. The molecule has 9 nitrogen and oxygen atoms in total. The third kappa shape index (κ3) is 4.78. The predicted molar refractivity (Wildman–Crippen MR) is 114 cm³/mol. The Morgan fingerprint density at radius 2 is 1.87 bits per heavy atom. The fraction of sp³-hybridized carbons (Fsp3) is 0.300. The highest BCUT2D eigenvalue weighted by Gasteiger charge is 2.31. The molecule has 0 spiro atoms. The van der Waals surface area contributed by atoms with Gasteiger partial charge in [0.2, 0.25) is 16.0 Å². The number of aromatic nitrogens is 4. The van der Waals surface area contributed by atoms with Gasteiger partial charge in [0.15, 0.2) is 0 Å². The third-order valence-electron chi connectivity index (χ3n) is 5.09. The number of nitrogens with one attached hydrogen (secondary N) is 2. The van der Waals surface area contributed by atoms with Crippen molar-refractivity contribution in [1.29, 1.82) is 0 Å². The quantitative estimate of drug-likeness (QED) is 0.598. The van der Waals surface area contributed by atoms with Gasteiger partial charge in [-0.2, -0.15) is 4.31 Å². The van der Waals surface area contributed by atoms with Crippen LogP contribution >= 0.6 is 0 Å². The van der Waals surface area contributed by atoms with E-state index in [4.69, 9.17) is 0 Å². The van der Waals surface area contributed by atoms with Crippen LogP contribution in [0.15, 0.2) is 53.8 Å². The summed E-state index contributed by atoms with van der Waals surface area (Å²) in [4.78, 5) is 17.1. The van der Waals surface area contributed by atoms with Crippen LogP contribution in [0.4, 0.5) is 22.0 Å². The molecule has 0 aliphatic carbocycles. The molecule has 1 aromatic carbocycles. The van der Waals surface area contributed by atoms with Gasteiger partial charge in [-0.1, -0.05) is 0 Å². The third-order valence-corrected chi connectivity index (χ3v) is 6.97. The van der Waals surface area contributed by atoms with Crippen LogP contribution < -0.4 is 10.6 Å². The average Bonchev–Trinajstić information content (AvgIpc) is 2.80. The van der Waals surface area contributed by atoms with Crippen molar-refractivity contribution in [3.63, 3.8) is 0 Å². The highest BCUT2D eigenvalue weighted by Crippen LogP contribution is 2.30. The Morgan fingerprint density at radius 1 is 1.10 bits per heavy atom. The summed E-state index contributed by atoms with van der Waals surface area (Å²) in [7, 11) is -1.94. The maximum Gasteiger partial charge on any atom is 0.243 e. The van der Waals surface area contributed by atoms with Gasteiger partial charge in [-0.3, -0.25) is 0 Å². The minimum atomic E-state index is -3.70. The minimum absolute atomic E-state index is 0.0780. The molecule has 1 atom stereocenters. The number of nitrogens with zero attached hydrogens (tertiary/aromatic N) is 5. The standard InChI is InChI=1S/C20H22FN7O2S/c1-22-18-11-19(25-13-24-18)27-20-23-9-8-17(26-20)14-3-2-10-28(12-14)31(29,30)16-6-4-15(21)5-7-16/h4-9,11,13-14H,2-3,10,12H2,1H3,(H2,22,23,24,25,26,27)/t14-/m0/s1. The number of sulfonamides is 1. The average molecular weight is 444 g/mol. The summed E-state index contributed by atoms with van der Waals surface area (Å²) in [6.45, 7) is 0.716. The van der Waals surface area contributed by atoms with Crippen molar-refractivity contribution in [3.05, 3.63) is 60.4 Å². The number of benzene rings is 1. The second-order valence-electron chi connectivity index (χ2n) is 7.12. The van der Waals surface area contributed by atoms with Crippen molar-refractivity contribution in [2.45, 2.75) is 23.7 Å². The number of hydrogen-bond donors (Lipinski definition) is 2. The molecule has 162 valence electrons. The van der Waals surface area contributed by atoms with E-state index in [1.807, 2.05) is 0 Å². The summed E-state index contributed by atoms with van der Waals surface area (Å²) in [5.74, 6) is 1.02. The van der Waals surface area contributed by atoms with Gasteiger partial charge in [0.05, 0.1) is 10.6 Å². The van der Waals surface area contributed by atoms with E-state index in [1.54, 1.807) is 25.4 Å². The van der Waals surface area contributed by atoms with Crippen LogP contribution in [0.2, 0.25) is 0 Å². The Bertz CT molecular complexity index is 1160. The number of piperidine rings is 1. The lowest BCUT2D eigenvalue weighted by Crippen LogP contribution is -2.39. The monoisotopic (exact) mass is 443 g/mol. The molecule has 0 radical (unpaired) electrons. The fourth-order valence-electron chi connectivity index (χ4n) is 3.49. The van der Waals surface area contributed by atoms with Crippen LogP contribution in [-0.4, -0.2) is 52.8 Å². The Kier molecular flexibility index (Phi) is 6.05. The Balaban J connectivity index is 1.52. The van der Waals surface area contributed by atoms with Gasteiger partial charge in [-0.15, -0.1) is 0 Å². The Morgan fingerprint density at radius 3 is 2.65 bits per heavy atom. The van der Waals surface area contributed by atoms with Crippen molar-refractivity contribution < 1.29 is 12.8 Å². The molecule has 1 aliphatic heterocycles. The molecule has 4 rings (SSSR count). The van der Waals surface area contributed by atoms with Crippen molar-refractivity contribution >= 4 is 27.6 Å². The highest BCUT2D eigenvalue weighted by molar-refractivity contribution is 7.89. The summed E-state index contributed by atoms with van der Waals surface area (Å²) in [6, 6.07) is 8.42. The Hall–Kier alpha value is -3.18. The van der Waals surface area contributed by atoms with Gasteiger partial charge >= 0.3 is 0 Å². The molecule has 0 amide bonds. The van der Waals surface area contributed by atoms with Crippen molar-refractivity contribution in [1.82, 2.24) is 24.2 Å². The van der Waals surface area contributed by atoms with E-state index in [0.29, 0.717) is 37.1 Å². The first kappa shape index (κ1) is 21.1. The van der Waals surface area contributed by atoms with Crippen LogP contribution in [0.5, 0.6) is 0 Å². The largest absolute Gasteiger partial charge is 0.373 e. The molecule has 1 fully saturated rings. The van der Waals surface area contributed by atoms with E-state index in [-0.39, 0.29) is 10.8 Å². The van der Waals surface area contributed by atoms with E-state index in [9.17, 15) is 12.8 Å². The maximum absolute atomic E-state index is 13.2. The number of anilines is 3. The first-order chi connectivity index (χ1) is 15.0. The molecule has 31 heavy (non-hydrogen) atoms. The molecule has 1 aliphatic rings. The van der Waals surface area contributed by atoms with E-state index in [1.165, 1.54) is 22.8 Å². The molecule has 11 heteroatoms. The predicted octanol–water partition coefficient (Wildman–Crippen LogP) is 2.76. The topological polar surface area (TPSA) is 113 Å². The van der Waals surface area contributed by atoms with Crippen molar-refractivity contribution in [2.24, 2.45) is 0 Å². The van der Waals surface area contributed by atoms with Gasteiger partial charge in [0.25, 0.3) is 0 Å². The SMILES string of the molecule is CNc1cc(Nc2nccc([C@H]3CCCN(S(=O)(=O)c4ccc(F)cc4)C3)n2)ncn1. The molecule has 2 aromatic heterocycles. The molecule has 0 bridgehead atoms. The molecule has 3 heterocycles. The second-order valence-corrected chi connectivity index (χ2v) is 9.06. The normalized spacial score (nSPS) is 17.3. The van der Waals surface area contributed by atoms with Crippen molar-refractivity contribution in [3.8, 4) is 0 Å². The second kappa shape index (κ2) is 8.90. The van der Waals surface area contributed by atoms with Crippen LogP contribution in [0, 0.1) is 5.82 Å². The molecule has 2 N–H and O–H groups in total. The zero-order valence-electron chi connectivity index (χ0n) is 16.9.